The van der Waals surface area contributed by atoms with Crippen LogP contribution in [0.3, 0.4) is 0 Å². The molecule has 0 saturated carbocycles. The Balaban J connectivity index is 1.72. The first-order valence-corrected chi connectivity index (χ1v) is 7.89. The average Bonchev–Trinajstić information content (AvgIpc) is 2.94. The number of hydrogen-bond acceptors (Lipinski definition) is 1. The van der Waals surface area contributed by atoms with E-state index in [1.165, 1.54) is 21.8 Å². The summed E-state index contributed by atoms with van der Waals surface area (Å²) in [7, 11) is 0. The second-order valence-electron chi connectivity index (χ2n) is 5.73. The minimum Gasteiger partial charge on any atom is -0.340 e. The lowest BCUT2D eigenvalue weighted by molar-refractivity contribution is 0.0978. The fourth-order valence-corrected chi connectivity index (χ4v) is 3.23. The van der Waals surface area contributed by atoms with Crippen molar-refractivity contribution in [1.29, 1.82) is 0 Å². The van der Waals surface area contributed by atoms with E-state index < -0.39 is 0 Å². The summed E-state index contributed by atoms with van der Waals surface area (Å²) in [6.45, 7) is 0.696. The molecule has 0 N–H and O–H groups in total. The fourth-order valence-electron chi connectivity index (χ4n) is 3.23. The second kappa shape index (κ2) is 5.73. The molecule has 3 aromatic carbocycles. The van der Waals surface area contributed by atoms with Gasteiger partial charge in [0.15, 0.2) is 5.78 Å². The lowest BCUT2D eigenvalue weighted by atomic mass is 10.1. The number of carbonyl (C=O) groups is 1. The van der Waals surface area contributed by atoms with Gasteiger partial charge in [0.25, 0.3) is 0 Å². The molecule has 1 aromatic heterocycles. The maximum absolute atomic E-state index is 12.4. The van der Waals surface area contributed by atoms with E-state index in [1.807, 2.05) is 30.3 Å². The van der Waals surface area contributed by atoms with Crippen molar-refractivity contribution in [1.82, 2.24) is 4.57 Å². The van der Waals surface area contributed by atoms with Gasteiger partial charge in [0.05, 0.1) is 0 Å². The van der Waals surface area contributed by atoms with E-state index in [-0.39, 0.29) is 5.78 Å². The highest BCUT2D eigenvalue weighted by Crippen LogP contribution is 2.28. The van der Waals surface area contributed by atoms with Gasteiger partial charge in [0, 0.05) is 40.3 Å². The van der Waals surface area contributed by atoms with E-state index >= 15 is 0 Å². The van der Waals surface area contributed by atoms with Crippen LogP contribution in [0.15, 0.2) is 78.9 Å². The summed E-state index contributed by atoms with van der Waals surface area (Å²) in [4.78, 5) is 12.4. The van der Waals surface area contributed by atoms with Gasteiger partial charge in [-0.15, -0.1) is 0 Å². The number of para-hydroxylation sites is 2. The van der Waals surface area contributed by atoms with Gasteiger partial charge < -0.3 is 4.57 Å². The number of benzene rings is 3. The molecule has 0 bridgehead atoms. The molecule has 0 saturated heterocycles. The van der Waals surface area contributed by atoms with Crippen molar-refractivity contribution in [3.63, 3.8) is 0 Å². The van der Waals surface area contributed by atoms with E-state index in [1.54, 1.807) is 0 Å². The molecule has 0 fully saturated rings. The lowest BCUT2D eigenvalue weighted by Crippen LogP contribution is -2.05. The fraction of sp³-hybridized carbons (Fsp3) is 0.0952. The molecule has 1 heterocycles. The number of aryl methyl sites for hydroxylation is 1. The second-order valence-corrected chi connectivity index (χ2v) is 5.73. The zero-order valence-electron chi connectivity index (χ0n) is 12.8. The molecule has 0 aliphatic rings. The summed E-state index contributed by atoms with van der Waals surface area (Å²) in [6, 6.07) is 26.3. The van der Waals surface area contributed by atoms with Gasteiger partial charge in [-0.2, -0.15) is 0 Å². The lowest BCUT2D eigenvalue weighted by Gasteiger charge is -2.07. The third-order valence-corrected chi connectivity index (χ3v) is 4.34. The van der Waals surface area contributed by atoms with Gasteiger partial charge in [-0.25, -0.2) is 0 Å². The molecule has 0 spiro atoms. The maximum atomic E-state index is 12.4. The first-order chi connectivity index (χ1) is 11.3. The monoisotopic (exact) mass is 299 g/mol. The van der Waals surface area contributed by atoms with Crippen molar-refractivity contribution in [3.8, 4) is 0 Å². The number of ketones is 1. The molecular formula is C21H17NO. The van der Waals surface area contributed by atoms with Gasteiger partial charge in [0.1, 0.15) is 0 Å². The Bertz CT molecular complexity index is 929. The molecule has 0 unspecified atom stereocenters. The minimum absolute atomic E-state index is 0.187. The van der Waals surface area contributed by atoms with E-state index in [2.05, 4.69) is 53.1 Å². The van der Waals surface area contributed by atoms with Crippen LogP contribution in [0.4, 0.5) is 0 Å². The first-order valence-electron chi connectivity index (χ1n) is 7.89. The maximum Gasteiger partial charge on any atom is 0.164 e. The number of nitrogens with zero attached hydrogens (tertiary/aromatic N) is 1. The third-order valence-electron chi connectivity index (χ3n) is 4.34. The quantitative estimate of drug-likeness (QED) is 0.482. The van der Waals surface area contributed by atoms with Gasteiger partial charge in [-0.3, -0.25) is 4.79 Å². The molecular weight excluding hydrogens is 282 g/mol. The van der Waals surface area contributed by atoms with Gasteiger partial charge in [-0.1, -0.05) is 66.7 Å². The Hall–Kier alpha value is -2.87. The predicted octanol–water partition coefficient (Wildman–Crippen LogP) is 5.07. The Labute approximate surface area is 135 Å². The Morgan fingerprint density at radius 3 is 1.83 bits per heavy atom. The van der Waals surface area contributed by atoms with E-state index in [0.717, 1.165) is 5.56 Å². The summed E-state index contributed by atoms with van der Waals surface area (Å²) in [5.41, 5.74) is 3.16. The largest absolute Gasteiger partial charge is 0.340 e. The van der Waals surface area contributed by atoms with Crippen LogP contribution in [0.2, 0.25) is 0 Å². The Morgan fingerprint density at radius 2 is 1.22 bits per heavy atom. The van der Waals surface area contributed by atoms with Crippen LogP contribution in [0, 0.1) is 0 Å². The average molecular weight is 299 g/mol. The highest BCUT2D eigenvalue weighted by atomic mass is 16.1. The highest BCUT2D eigenvalue weighted by Gasteiger charge is 2.11. The molecule has 23 heavy (non-hydrogen) atoms. The summed E-state index contributed by atoms with van der Waals surface area (Å²) in [5, 5.41) is 2.49. The SMILES string of the molecule is O=C(CCn1c2ccccc2c2ccccc21)c1ccccc1. The number of rotatable bonds is 4. The first kappa shape index (κ1) is 13.8. The van der Waals surface area contributed by atoms with Crippen LogP contribution in [0.25, 0.3) is 21.8 Å². The summed E-state index contributed by atoms with van der Waals surface area (Å²) in [6.07, 6.45) is 0.507. The normalized spacial score (nSPS) is 11.1. The number of fused-ring (bicyclic) bond motifs is 3. The van der Waals surface area contributed by atoms with Crippen molar-refractivity contribution >= 4 is 27.6 Å². The Morgan fingerprint density at radius 1 is 0.696 bits per heavy atom. The molecule has 0 aliphatic carbocycles. The topological polar surface area (TPSA) is 22.0 Å². The van der Waals surface area contributed by atoms with Crippen molar-refractivity contribution < 1.29 is 4.79 Å². The molecule has 2 nitrogen and oxygen atoms in total. The zero-order valence-corrected chi connectivity index (χ0v) is 12.8. The molecule has 4 aromatic rings. The Kier molecular flexibility index (Phi) is 3.43. The number of hydrogen-bond donors (Lipinski definition) is 0. The van der Waals surface area contributed by atoms with Crippen LogP contribution in [0.5, 0.6) is 0 Å². The molecule has 112 valence electrons. The van der Waals surface area contributed by atoms with Crippen molar-refractivity contribution in [3.05, 3.63) is 84.4 Å². The molecule has 4 rings (SSSR count). The standard InChI is InChI=1S/C21H17NO/c23-21(16-8-2-1-3-9-16)14-15-22-19-12-6-4-10-17(19)18-11-5-7-13-20(18)22/h1-13H,14-15H2. The van der Waals surface area contributed by atoms with Crippen LogP contribution in [-0.2, 0) is 6.54 Å². The summed E-state index contributed by atoms with van der Waals surface area (Å²) >= 11 is 0. The van der Waals surface area contributed by atoms with E-state index in [0.29, 0.717) is 13.0 Å². The molecule has 0 atom stereocenters. The van der Waals surface area contributed by atoms with Crippen molar-refractivity contribution in [2.24, 2.45) is 0 Å². The summed E-state index contributed by atoms with van der Waals surface area (Å²) in [5.74, 6) is 0.187. The van der Waals surface area contributed by atoms with Crippen molar-refractivity contribution in [2.45, 2.75) is 13.0 Å². The van der Waals surface area contributed by atoms with Gasteiger partial charge >= 0.3 is 0 Å². The van der Waals surface area contributed by atoms with Crippen molar-refractivity contribution in [2.75, 3.05) is 0 Å². The van der Waals surface area contributed by atoms with E-state index in [4.69, 9.17) is 0 Å². The predicted molar refractivity (Wildman–Crippen MR) is 94.8 cm³/mol. The minimum atomic E-state index is 0.187. The number of Topliss-reactive ketones (excluding diaryl/α,β-unsaturated/α-hetero) is 1. The highest BCUT2D eigenvalue weighted by molar-refractivity contribution is 6.08. The smallest absolute Gasteiger partial charge is 0.164 e. The van der Waals surface area contributed by atoms with Crippen LogP contribution in [-0.4, -0.2) is 10.4 Å². The number of carbonyl (C=O) groups excluding carboxylic acids is 1. The van der Waals surface area contributed by atoms with Crippen LogP contribution in [0.1, 0.15) is 16.8 Å². The van der Waals surface area contributed by atoms with Gasteiger partial charge in [0.2, 0.25) is 0 Å². The van der Waals surface area contributed by atoms with E-state index in [9.17, 15) is 4.79 Å². The molecule has 0 amide bonds. The zero-order chi connectivity index (χ0) is 15.6. The summed E-state index contributed by atoms with van der Waals surface area (Å²) < 4.78 is 2.26. The number of aromatic nitrogens is 1. The third kappa shape index (κ3) is 2.42. The van der Waals surface area contributed by atoms with Crippen LogP contribution >= 0.6 is 0 Å². The van der Waals surface area contributed by atoms with Gasteiger partial charge in [-0.05, 0) is 12.1 Å². The van der Waals surface area contributed by atoms with Crippen LogP contribution < -0.4 is 0 Å². The molecule has 0 radical (unpaired) electrons. The molecule has 2 heteroatoms. The molecule has 0 aliphatic heterocycles.